The number of rotatable bonds is 8. The summed E-state index contributed by atoms with van der Waals surface area (Å²) < 4.78 is 20.2. The van der Waals surface area contributed by atoms with Gasteiger partial charge < -0.3 is 23.7 Å². The molecule has 0 saturated carbocycles. The van der Waals surface area contributed by atoms with Crippen molar-refractivity contribution in [2.75, 3.05) is 13.1 Å². The predicted octanol–water partition coefficient (Wildman–Crippen LogP) is 8.51. The van der Waals surface area contributed by atoms with E-state index in [0.717, 1.165) is 46.0 Å². The van der Waals surface area contributed by atoms with E-state index in [-0.39, 0.29) is 6.09 Å². The maximum Gasteiger partial charge on any atom is 0.410 e. The minimum absolute atomic E-state index is 0.223. The molecule has 5 aromatic rings. The first kappa shape index (κ1) is 30.3. The van der Waals surface area contributed by atoms with Gasteiger partial charge in [-0.1, -0.05) is 72.8 Å². The van der Waals surface area contributed by atoms with E-state index in [0.29, 0.717) is 44.0 Å². The van der Waals surface area contributed by atoms with Crippen LogP contribution < -0.4 is 9.47 Å². The Hall–Kier alpha value is -4.78. The number of nitrogens with zero attached hydrogens (tertiary/aromatic N) is 3. The molecule has 0 atom stereocenters. The van der Waals surface area contributed by atoms with E-state index in [2.05, 4.69) is 36.0 Å². The van der Waals surface area contributed by atoms with Gasteiger partial charge in [0.1, 0.15) is 18.8 Å². The second-order valence-electron chi connectivity index (χ2n) is 12.7. The van der Waals surface area contributed by atoms with Crippen molar-refractivity contribution < 1.29 is 19.0 Å². The van der Waals surface area contributed by atoms with E-state index in [1.165, 1.54) is 5.56 Å². The van der Waals surface area contributed by atoms with Crippen LogP contribution in [0, 0.1) is 0 Å². The van der Waals surface area contributed by atoms with Crippen LogP contribution in [0.1, 0.15) is 56.2 Å². The summed E-state index contributed by atoms with van der Waals surface area (Å²) in [6.07, 6.45) is 3.75. The number of ether oxygens (including phenoxy) is 3. The Bertz CT molecular complexity index is 1750. The van der Waals surface area contributed by atoms with Crippen LogP contribution in [0.25, 0.3) is 22.0 Å². The largest absolute Gasteiger partial charge is 0.473 e. The standard InChI is InChI=1S/C38H41N3O4/c1-38(2,3)45-37(42)41-21-19-29(20-22-41)30-15-16-31-33(24-40(4)34(31)23-30)32-17-18-35(43-25-27-11-7-5-8-12-27)39-36(32)44-26-28-13-9-6-10-14-28/h5-18,23-24,29H,19-22,25-26H2,1-4H3. The fraction of sp³-hybridized carbons (Fsp3) is 0.316. The van der Waals surface area contributed by atoms with Gasteiger partial charge in [-0.3, -0.25) is 0 Å². The van der Waals surface area contributed by atoms with Crippen LogP contribution in [-0.2, 0) is 25.0 Å². The highest BCUT2D eigenvalue weighted by atomic mass is 16.6. The molecule has 1 saturated heterocycles. The second-order valence-corrected chi connectivity index (χ2v) is 12.7. The highest BCUT2D eigenvalue weighted by Crippen LogP contribution is 2.39. The summed E-state index contributed by atoms with van der Waals surface area (Å²) in [5, 5.41) is 1.14. The van der Waals surface area contributed by atoms with Crippen molar-refractivity contribution >= 4 is 17.0 Å². The van der Waals surface area contributed by atoms with Crippen LogP contribution in [-0.4, -0.2) is 39.2 Å². The molecule has 0 spiro atoms. The van der Waals surface area contributed by atoms with Gasteiger partial charge in [0.25, 0.3) is 0 Å². The topological polar surface area (TPSA) is 65.8 Å². The smallest absolute Gasteiger partial charge is 0.410 e. The van der Waals surface area contributed by atoms with Gasteiger partial charge in [-0.15, -0.1) is 0 Å². The van der Waals surface area contributed by atoms with E-state index < -0.39 is 5.60 Å². The Morgan fingerprint density at radius 2 is 1.47 bits per heavy atom. The molecule has 1 aliphatic rings. The molecule has 1 aliphatic heterocycles. The molecule has 3 aromatic carbocycles. The maximum atomic E-state index is 12.6. The van der Waals surface area contributed by atoms with E-state index in [4.69, 9.17) is 19.2 Å². The molecule has 6 rings (SSSR count). The molecule has 3 heterocycles. The highest BCUT2D eigenvalue weighted by Gasteiger charge is 2.28. The van der Waals surface area contributed by atoms with Crippen LogP contribution in [0.5, 0.6) is 11.8 Å². The zero-order valence-corrected chi connectivity index (χ0v) is 26.5. The number of pyridine rings is 1. The number of hydrogen-bond acceptors (Lipinski definition) is 5. The van der Waals surface area contributed by atoms with Crippen molar-refractivity contribution in [1.82, 2.24) is 14.5 Å². The van der Waals surface area contributed by atoms with Gasteiger partial charge in [-0.2, -0.15) is 4.98 Å². The van der Waals surface area contributed by atoms with Crippen LogP contribution in [0.2, 0.25) is 0 Å². The summed E-state index contributed by atoms with van der Waals surface area (Å²) in [7, 11) is 2.08. The molecule has 0 bridgehead atoms. The van der Waals surface area contributed by atoms with Gasteiger partial charge in [0.2, 0.25) is 11.8 Å². The lowest BCUT2D eigenvalue weighted by molar-refractivity contribution is 0.0205. The lowest BCUT2D eigenvalue weighted by Crippen LogP contribution is -2.41. The summed E-state index contributed by atoms with van der Waals surface area (Å²) in [6, 6.07) is 30.9. The molecule has 232 valence electrons. The lowest BCUT2D eigenvalue weighted by Gasteiger charge is -2.33. The summed E-state index contributed by atoms with van der Waals surface area (Å²) in [5.41, 5.74) is 6.08. The molecule has 0 N–H and O–H groups in total. The van der Waals surface area contributed by atoms with E-state index in [1.807, 2.05) is 98.5 Å². The molecular formula is C38H41N3O4. The molecule has 0 unspecified atom stereocenters. The third-order valence-electron chi connectivity index (χ3n) is 8.21. The molecule has 7 heteroatoms. The van der Waals surface area contributed by atoms with Crippen LogP contribution in [0.15, 0.2) is 97.2 Å². The Kier molecular flexibility index (Phi) is 8.78. The van der Waals surface area contributed by atoms with E-state index in [1.54, 1.807) is 0 Å². The molecule has 1 amide bonds. The summed E-state index contributed by atoms with van der Waals surface area (Å²) >= 11 is 0. The van der Waals surface area contributed by atoms with Crippen LogP contribution in [0.4, 0.5) is 4.79 Å². The van der Waals surface area contributed by atoms with Crippen molar-refractivity contribution in [3.05, 3.63) is 114 Å². The number of carbonyl (C=O) groups is 1. The van der Waals surface area contributed by atoms with Crippen LogP contribution in [0.3, 0.4) is 0 Å². The first-order valence-electron chi connectivity index (χ1n) is 15.7. The number of aromatic nitrogens is 2. The lowest BCUT2D eigenvalue weighted by atomic mass is 9.89. The van der Waals surface area contributed by atoms with Crippen molar-refractivity contribution in [1.29, 1.82) is 0 Å². The summed E-state index contributed by atoms with van der Waals surface area (Å²) in [6.45, 7) is 7.95. The van der Waals surface area contributed by atoms with Crippen LogP contribution >= 0.6 is 0 Å². The molecule has 7 nitrogen and oxygen atoms in total. The molecule has 0 radical (unpaired) electrons. The third-order valence-corrected chi connectivity index (χ3v) is 8.21. The number of likely N-dealkylation sites (tertiary alicyclic amines) is 1. The Labute approximate surface area is 265 Å². The summed E-state index contributed by atoms with van der Waals surface area (Å²) in [5.74, 6) is 1.44. The normalized spacial score (nSPS) is 14.0. The number of benzene rings is 3. The molecular weight excluding hydrogens is 562 g/mol. The molecule has 2 aromatic heterocycles. The molecule has 1 fully saturated rings. The highest BCUT2D eigenvalue weighted by molar-refractivity contribution is 5.97. The van der Waals surface area contributed by atoms with Gasteiger partial charge in [-0.05, 0) is 68.4 Å². The Morgan fingerprint density at radius 1 is 0.822 bits per heavy atom. The van der Waals surface area contributed by atoms with Crippen molar-refractivity contribution in [3.8, 4) is 22.9 Å². The minimum atomic E-state index is -0.485. The quantitative estimate of drug-likeness (QED) is 0.178. The third kappa shape index (κ3) is 7.31. The maximum absolute atomic E-state index is 12.6. The Balaban J connectivity index is 1.24. The molecule has 45 heavy (non-hydrogen) atoms. The van der Waals surface area contributed by atoms with Gasteiger partial charge in [0.05, 0.1) is 0 Å². The fourth-order valence-corrected chi connectivity index (χ4v) is 5.87. The Morgan fingerprint density at radius 3 is 2.11 bits per heavy atom. The van der Waals surface area contributed by atoms with Crippen molar-refractivity contribution in [2.24, 2.45) is 7.05 Å². The van der Waals surface area contributed by atoms with Gasteiger partial charge in [-0.25, -0.2) is 4.79 Å². The number of hydrogen-bond donors (Lipinski definition) is 0. The van der Waals surface area contributed by atoms with Gasteiger partial charge in [0.15, 0.2) is 0 Å². The van der Waals surface area contributed by atoms with Gasteiger partial charge in [0, 0.05) is 54.4 Å². The number of amides is 1. The van der Waals surface area contributed by atoms with Crippen molar-refractivity contribution in [2.45, 2.75) is 58.3 Å². The number of aryl methyl sites for hydroxylation is 1. The molecule has 0 aliphatic carbocycles. The first-order chi connectivity index (χ1) is 21.7. The van der Waals surface area contributed by atoms with E-state index in [9.17, 15) is 4.79 Å². The zero-order valence-electron chi connectivity index (χ0n) is 26.5. The SMILES string of the molecule is Cn1cc(-c2ccc(OCc3ccccc3)nc2OCc2ccccc2)c2ccc(C3CCN(C(=O)OC(C)(C)C)CC3)cc21. The average Bonchev–Trinajstić information content (AvgIpc) is 3.38. The number of fused-ring (bicyclic) bond motifs is 1. The second kappa shape index (κ2) is 13.1. The van der Waals surface area contributed by atoms with Crippen molar-refractivity contribution in [3.63, 3.8) is 0 Å². The first-order valence-corrected chi connectivity index (χ1v) is 15.7. The predicted molar refractivity (Wildman–Crippen MR) is 177 cm³/mol. The minimum Gasteiger partial charge on any atom is -0.473 e. The number of carbonyl (C=O) groups excluding carboxylic acids is 1. The number of piperidine rings is 1. The van der Waals surface area contributed by atoms with Gasteiger partial charge >= 0.3 is 6.09 Å². The summed E-state index contributed by atoms with van der Waals surface area (Å²) in [4.78, 5) is 19.2. The zero-order chi connectivity index (χ0) is 31.4. The monoisotopic (exact) mass is 603 g/mol. The average molecular weight is 604 g/mol. The van der Waals surface area contributed by atoms with E-state index >= 15 is 0 Å². The fourth-order valence-electron chi connectivity index (χ4n) is 5.87.